The third-order valence-corrected chi connectivity index (χ3v) is 6.21. The number of nitrogens with two attached hydrogens (primary N) is 1. The molecule has 32 heavy (non-hydrogen) atoms. The lowest BCUT2D eigenvalue weighted by Crippen LogP contribution is -2.52. The van der Waals surface area contributed by atoms with Crippen molar-refractivity contribution in [1.82, 2.24) is 24.8 Å². The van der Waals surface area contributed by atoms with Crippen LogP contribution >= 0.6 is 11.6 Å². The number of aryl methyl sites for hydroxylation is 1. The standard InChI is InChI=1S/C24H27ClN6O/c1-4-20-22(17-6-8-21(26)27-12-17)23(29-14-28-20)16-5-7-18(19(25)11-16)24(32)31-10-9-30(3)13-15(31)2/h5-8,11-12,14-15H,4,9-10,13H2,1-3H3,(H2,26,27)/t15-/m1/s1. The van der Waals surface area contributed by atoms with Gasteiger partial charge in [0, 0.05) is 48.6 Å². The maximum Gasteiger partial charge on any atom is 0.255 e. The number of nitrogens with zero attached hydrogens (tertiary/aromatic N) is 5. The summed E-state index contributed by atoms with van der Waals surface area (Å²) in [5, 5.41) is 0.414. The summed E-state index contributed by atoms with van der Waals surface area (Å²) < 4.78 is 0. The Hall–Kier alpha value is -3.03. The normalized spacial score (nSPS) is 16.9. The molecule has 1 aromatic carbocycles. The Morgan fingerprint density at radius 1 is 1.16 bits per heavy atom. The molecule has 0 aliphatic carbocycles. The smallest absolute Gasteiger partial charge is 0.255 e. The Morgan fingerprint density at radius 3 is 2.59 bits per heavy atom. The average Bonchev–Trinajstić information content (AvgIpc) is 2.78. The third kappa shape index (κ3) is 4.31. The molecule has 1 aliphatic heterocycles. The van der Waals surface area contributed by atoms with Crippen molar-refractivity contribution >= 4 is 23.3 Å². The first-order valence-corrected chi connectivity index (χ1v) is 11.1. The van der Waals surface area contributed by atoms with Gasteiger partial charge in [-0.25, -0.2) is 15.0 Å². The van der Waals surface area contributed by atoms with Gasteiger partial charge < -0.3 is 15.5 Å². The number of halogens is 1. The Bertz CT molecular complexity index is 1130. The summed E-state index contributed by atoms with van der Waals surface area (Å²) in [6.45, 7) is 6.50. The lowest BCUT2D eigenvalue weighted by Gasteiger charge is -2.38. The summed E-state index contributed by atoms with van der Waals surface area (Å²) in [6, 6.07) is 9.32. The van der Waals surface area contributed by atoms with Crippen molar-refractivity contribution in [2.45, 2.75) is 26.3 Å². The molecule has 2 N–H and O–H groups in total. The molecule has 0 unspecified atom stereocenters. The SMILES string of the molecule is CCc1ncnc(-c2ccc(C(=O)N3CCN(C)C[C@H]3C)c(Cl)c2)c1-c1ccc(N)nc1. The Labute approximate surface area is 193 Å². The minimum atomic E-state index is -0.0398. The van der Waals surface area contributed by atoms with E-state index in [1.807, 2.05) is 30.0 Å². The van der Waals surface area contributed by atoms with Crippen LogP contribution in [0.1, 0.15) is 29.9 Å². The minimum absolute atomic E-state index is 0.0398. The van der Waals surface area contributed by atoms with E-state index in [1.165, 1.54) is 0 Å². The first-order chi connectivity index (χ1) is 15.4. The van der Waals surface area contributed by atoms with Crippen LogP contribution in [0, 0.1) is 0 Å². The summed E-state index contributed by atoms with van der Waals surface area (Å²) in [5.74, 6) is 0.413. The number of anilines is 1. The first kappa shape index (κ1) is 22.2. The van der Waals surface area contributed by atoms with Crippen LogP contribution in [0.2, 0.25) is 5.02 Å². The van der Waals surface area contributed by atoms with Gasteiger partial charge in [-0.15, -0.1) is 0 Å². The number of rotatable bonds is 4. The molecule has 8 heteroatoms. The molecule has 0 spiro atoms. The number of likely N-dealkylation sites (N-methyl/N-ethyl adjacent to an activating group) is 1. The van der Waals surface area contributed by atoms with Gasteiger partial charge in [0.25, 0.3) is 5.91 Å². The van der Waals surface area contributed by atoms with Gasteiger partial charge in [0.15, 0.2) is 0 Å². The van der Waals surface area contributed by atoms with Crippen LogP contribution in [0.25, 0.3) is 22.4 Å². The van der Waals surface area contributed by atoms with Gasteiger partial charge in [0.2, 0.25) is 0 Å². The topological polar surface area (TPSA) is 88.2 Å². The fourth-order valence-corrected chi connectivity index (χ4v) is 4.46. The lowest BCUT2D eigenvalue weighted by molar-refractivity contribution is 0.0534. The van der Waals surface area contributed by atoms with E-state index in [0.29, 0.717) is 22.9 Å². The van der Waals surface area contributed by atoms with Gasteiger partial charge in [-0.05, 0) is 44.7 Å². The van der Waals surface area contributed by atoms with Crippen LogP contribution in [0.3, 0.4) is 0 Å². The molecule has 166 valence electrons. The number of carbonyl (C=O) groups excluding carboxylic acids is 1. The van der Waals surface area contributed by atoms with E-state index in [-0.39, 0.29) is 11.9 Å². The zero-order chi connectivity index (χ0) is 22.8. The van der Waals surface area contributed by atoms with Crippen LogP contribution in [0.15, 0.2) is 42.9 Å². The molecule has 1 saturated heterocycles. The van der Waals surface area contributed by atoms with Gasteiger partial charge in [-0.1, -0.05) is 24.6 Å². The fourth-order valence-electron chi connectivity index (χ4n) is 4.20. The number of carbonyl (C=O) groups is 1. The second-order valence-electron chi connectivity index (χ2n) is 8.17. The van der Waals surface area contributed by atoms with E-state index in [9.17, 15) is 4.79 Å². The monoisotopic (exact) mass is 450 g/mol. The molecule has 3 heterocycles. The predicted octanol–water partition coefficient (Wildman–Crippen LogP) is 3.78. The molecule has 1 atom stereocenters. The number of pyridine rings is 1. The Balaban J connectivity index is 1.72. The van der Waals surface area contributed by atoms with Crippen LogP contribution in [-0.2, 0) is 6.42 Å². The Kier molecular flexibility index (Phi) is 6.39. The number of hydrogen-bond donors (Lipinski definition) is 1. The average molecular weight is 451 g/mol. The van der Waals surface area contributed by atoms with Crippen molar-refractivity contribution in [1.29, 1.82) is 0 Å². The quantitative estimate of drug-likeness (QED) is 0.650. The Morgan fingerprint density at radius 2 is 1.94 bits per heavy atom. The summed E-state index contributed by atoms with van der Waals surface area (Å²) >= 11 is 6.63. The molecule has 1 amide bonds. The number of hydrogen-bond acceptors (Lipinski definition) is 6. The van der Waals surface area contributed by atoms with E-state index in [2.05, 4.69) is 33.8 Å². The molecule has 4 rings (SSSR count). The van der Waals surface area contributed by atoms with Gasteiger partial charge in [-0.2, -0.15) is 0 Å². The predicted molar refractivity (Wildman–Crippen MR) is 127 cm³/mol. The lowest BCUT2D eigenvalue weighted by atomic mass is 9.97. The minimum Gasteiger partial charge on any atom is -0.384 e. The van der Waals surface area contributed by atoms with Crippen LogP contribution in [-0.4, -0.2) is 63.4 Å². The van der Waals surface area contributed by atoms with Gasteiger partial charge in [0.1, 0.15) is 12.1 Å². The number of amides is 1. The van der Waals surface area contributed by atoms with Crippen molar-refractivity contribution in [3.8, 4) is 22.4 Å². The van der Waals surface area contributed by atoms with Crippen LogP contribution in [0.5, 0.6) is 0 Å². The second kappa shape index (κ2) is 9.22. The molecule has 1 fully saturated rings. The third-order valence-electron chi connectivity index (χ3n) is 5.90. The first-order valence-electron chi connectivity index (χ1n) is 10.7. The molecule has 0 radical (unpaired) electrons. The van der Waals surface area contributed by atoms with Crippen molar-refractivity contribution < 1.29 is 4.79 Å². The molecule has 3 aromatic rings. The van der Waals surface area contributed by atoms with Crippen LogP contribution in [0.4, 0.5) is 5.82 Å². The molecule has 1 aliphatic rings. The fraction of sp³-hybridized carbons (Fsp3) is 0.333. The summed E-state index contributed by atoms with van der Waals surface area (Å²) in [5.41, 5.74) is 10.5. The van der Waals surface area contributed by atoms with Gasteiger partial charge in [0.05, 0.1) is 22.0 Å². The summed E-state index contributed by atoms with van der Waals surface area (Å²) in [4.78, 5) is 30.5. The van der Waals surface area contributed by atoms with Crippen LogP contribution < -0.4 is 5.73 Å². The second-order valence-corrected chi connectivity index (χ2v) is 8.58. The van der Waals surface area contributed by atoms with E-state index >= 15 is 0 Å². The highest BCUT2D eigenvalue weighted by molar-refractivity contribution is 6.34. The molecular formula is C24H27ClN6O. The maximum atomic E-state index is 13.2. The number of benzene rings is 1. The van der Waals surface area contributed by atoms with Crippen molar-refractivity contribution in [2.75, 3.05) is 32.4 Å². The summed E-state index contributed by atoms with van der Waals surface area (Å²) in [7, 11) is 2.07. The molecule has 0 bridgehead atoms. The van der Waals surface area contributed by atoms with E-state index < -0.39 is 0 Å². The van der Waals surface area contributed by atoms with Gasteiger partial charge in [-0.3, -0.25) is 4.79 Å². The highest BCUT2D eigenvalue weighted by atomic mass is 35.5. The number of aromatic nitrogens is 3. The zero-order valence-electron chi connectivity index (χ0n) is 18.5. The van der Waals surface area contributed by atoms with Gasteiger partial charge >= 0.3 is 0 Å². The maximum absolute atomic E-state index is 13.2. The summed E-state index contributed by atoms with van der Waals surface area (Å²) in [6.07, 6.45) is 4.02. The molecule has 7 nitrogen and oxygen atoms in total. The highest BCUT2D eigenvalue weighted by Crippen LogP contribution is 2.34. The zero-order valence-corrected chi connectivity index (χ0v) is 19.3. The molecule has 2 aromatic heterocycles. The van der Waals surface area contributed by atoms with Crippen molar-refractivity contribution in [3.63, 3.8) is 0 Å². The van der Waals surface area contributed by atoms with E-state index in [4.69, 9.17) is 17.3 Å². The largest absolute Gasteiger partial charge is 0.384 e. The molecular weight excluding hydrogens is 424 g/mol. The number of piperazine rings is 1. The highest BCUT2D eigenvalue weighted by Gasteiger charge is 2.28. The van der Waals surface area contributed by atoms with E-state index in [1.54, 1.807) is 24.7 Å². The number of nitrogen functional groups attached to an aromatic ring is 1. The molecule has 0 saturated carbocycles. The van der Waals surface area contributed by atoms with E-state index in [0.717, 1.165) is 47.6 Å². The van der Waals surface area contributed by atoms with Crippen molar-refractivity contribution in [2.24, 2.45) is 0 Å². The van der Waals surface area contributed by atoms with Crippen molar-refractivity contribution in [3.05, 3.63) is 59.1 Å².